The number of ether oxygens (including phenoxy) is 1. The predicted molar refractivity (Wildman–Crippen MR) is 41.8 cm³/mol. The zero-order valence-electron chi connectivity index (χ0n) is 7.31. The van der Waals surface area contributed by atoms with Crippen LogP contribution in [0.4, 0.5) is 0 Å². The van der Waals surface area contributed by atoms with Gasteiger partial charge in [-0.3, -0.25) is 4.79 Å². The van der Waals surface area contributed by atoms with Crippen LogP contribution in [0.2, 0.25) is 0 Å². The predicted octanol–water partition coefficient (Wildman–Crippen LogP) is 0.0327. The van der Waals surface area contributed by atoms with E-state index >= 15 is 0 Å². The summed E-state index contributed by atoms with van der Waals surface area (Å²) in [6.45, 7) is 1.68. The van der Waals surface area contributed by atoms with E-state index in [1.54, 1.807) is 18.5 Å². The molecule has 0 radical (unpaired) electrons. The Kier molecular flexibility index (Phi) is 2.54. The highest BCUT2D eigenvalue weighted by atomic mass is 16.5. The molecule has 1 atom stereocenters. The Hall–Kier alpha value is -1.23. The van der Waals surface area contributed by atoms with E-state index in [1.165, 1.54) is 13.4 Å². The van der Waals surface area contributed by atoms with Crippen molar-refractivity contribution < 1.29 is 9.53 Å². The first kappa shape index (κ1) is 8.86. The number of nitrogens with zero attached hydrogens (tertiary/aromatic N) is 3. The fourth-order valence-electron chi connectivity index (χ4n) is 0.795. The third kappa shape index (κ3) is 1.50. The van der Waals surface area contributed by atoms with Crippen molar-refractivity contribution in [1.29, 1.82) is 0 Å². The van der Waals surface area contributed by atoms with Crippen LogP contribution in [0.25, 0.3) is 0 Å². The van der Waals surface area contributed by atoms with Gasteiger partial charge in [0.2, 0.25) is 11.6 Å². The van der Waals surface area contributed by atoms with Crippen LogP contribution in [-0.4, -0.2) is 33.8 Å². The molecule has 0 aliphatic rings. The van der Waals surface area contributed by atoms with Gasteiger partial charge in [-0.25, -0.2) is 0 Å². The van der Waals surface area contributed by atoms with Crippen LogP contribution in [0.5, 0.6) is 0 Å². The number of ketones is 1. The van der Waals surface area contributed by atoms with Crippen molar-refractivity contribution in [3.63, 3.8) is 0 Å². The lowest BCUT2D eigenvalue weighted by atomic mass is 10.2. The zero-order valence-corrected chi connectivity index (χ0v) is 7.31. The zero-order chi connectivity index (χ0) is 9.14. The van der Waals surface area contributed by atoms with Crippen molar-refractivity contribution in [1.82, 2.24) is 14.8 Å². The Bertz CT molecular complexity index is 282. The number of Topliss-reactive ketones (excluding diaryl/α,β-unsaturated/α-hetero) is 1. The molecule has 12 heavy (non-hydrogen) atoms. The summed E-state index contributed by atoms with van der Waals surface area (Å²) in [5, 5.41) is 7.26. The minimum absolute atomic E-state index is 0.155. The monoisotopic (exact) mass is 169 g/mol. The highest BCUT2D eigenvalue weighted by Gasteiger charge is 2.18. The van der Waals surface area contributed by atoms with Crippen LogP contribution in [0.3, 0.4) is 0 Å². The van der Waals surface area contributed by atoms with Gasteiger partial charge in [0.05, 0.1) is 0 Å². The molecular formula is C7H11N3O2. The Morgan fingerprint density at radius 3 is 2.83 bits per heavy atom. The lowest BCUT2D eigenvalue weighted by Crippen LogP contribution is -2.22. The maximum absolute atomic E-state index is 11.4. The van der Waals surface area contributed by atoms with Crippen molar-refractivity contribution in [3.05, 3.63) is 12.2 Å². The summed E-state index contributed by atoms with van der Waals surface area (Å²) in [7, 11) is 3.20. The summed E-state index contributed by atoms with van der Waals surface area (Å²) in [4.78, 5) is 11.4. The van der Waals surface area contributed by atoms with Gasteiger partial charge < -0.3 is 9.30 Å². The van der Waals surface area contributed by atoms with Crippen molar-refractivity contribution in [2.45, 2.75) is 13.0 Å². The van der Waals surface area contributed by atoms with E-state index in [4.69, 9.17) is 4.74 Å². The maximum Gasteiger partial charge on any atom is 0.228 e. The van der Waals surface area contributed by atoms with E-state index < -0.39 is 6.10 Å². The number of methoxy groups -OCH3 is 1. The van der Waals surface area contributed by atoms with Crippen LogP contribution in [0.1, 0.15) is 17.5 Å². The molecule has 0 aliphatic heterocycles. The second-order valence-corrected chi connectivity index (χ2v) is 2.51. The molecule has 0 fully saturated rings. The molecule has 5 heteroatoms. The van der Waals surface area contributed by atoms with Crippen LogP contribution in [-0.2, 0) is 11.8 Å². The van der Waals surface area contributed by atoms with Crippen molar-refractivity contribution in [2.24, 2.45) is 7.05 Å². The summed E-state index contributed by atoms with van der Waals surface area (Å²) >= 11 is 0. The average Bonchev–Trinajstić information content (AvgIpc) is 2.48. The molecule has 0 saturated heterocycles. The lowest BCUT2D eigenvalue weighted by molar-refractivity contribution is 0.0641. The largest absolute Gasteiger partial charge is 0.373 e. The Labute approximate surface area is 70.4 Å². The SMILES string of the molecule is COC(C)C(=O)c1nncn1C. The normalized spacial score (nSPS) is 12.9. The number of rotatable bonds is 3. The highest BCUT2D eigenvalue weighted by Crippen LogP contribution is 2.00. The fraction of sp³-hybridized carbons (Fsp3) is 0.571. The molecule has 0 aliphatic carbocycles. The maximum atomic E-state index is 11.4. The topological polar surface area (TPSA) is 57.0 Å². The van der Waals surface area contributed by atoms with Crippen molar-refractivity contribution in [3.8, 4) is 0 Å². The minimum atomic E-state index is -0.465. The quantitative estimate of drug-likeness (QED) is 0.599. The van der Waals surface area contributed by atoms with Crippen LogP contribution >= 0.6 is 0 Å². The molecule has 66 valence electrons. The van der Waals surface area contributed by atoms with E-state index in [-0.39, 0.29) is 5.78 Å². The smallest absolute Gasteiger partial charge is 0.228 e. The molecule has 0 amide bonds. The molecule has 1 unspecified atom stereocenters. The lowest BCUT2D eigenvalue weighted by Gasteiger charge is -2.05. The third-order valence-corrected chi connectivity index (χ3v) is 1.65. The summed E-state index contributed by atoms with van der Waals surface area (Å²) in [5.41, 5.74) is 0. The van der Waals surface area contributed by atoms with Crippen LogP contribution < -0.4 is 0 Å². The summed E-state index contributed by atoms with van der Waals surface area (Å²) in [5.74, 6) is 0.168. The molecule has 0 saturated carbocycles. The first-order valence-electron chi connectivity index (χ1n) is 3.57. The Morgan fingerprint density at radius 1 is 1.75 bits per heavy atom. The number of carbonyl (C=O) groups is 1. The number of aryl methyl sites for hydroxylation is 1. The molecule has 5 nitrogen and oxygen atoms in total. The molecule has 1 rings (SSSR count). The number of hydrogen-bond donors (Lipinski definition) is 0. The molecule has 1 aromatic heterocycles. The average molecular weight is 169 g/mol. The van der Waals surface area contributed by atoms with Crippen molar-refractivity contribution >= 4 is 5.78 Å². The molecule has 1 heterocycles. The number of aromatic nitrogens is 3. The first-order valence-corrected chi connectivity index (χ1v) is 3.57. The second-order valence-electron chi connectivity index (χ2n) is 2.51. The number of hydrogen-bond acceptors (Lipinski definition) is 4. The molecular weight excluding hydrogens is 158 g/mol. The van der Waals surface area contributed by atoms with Gasteiger partial charge in [-0.15, -0.1) is 10.2 Å². The standard InChI is InChI=1S/C7H11N3O2/c1-5(12-3)6(11)7-9-8-4-10(7)2/h4-5H,1-3H3. The molecule has 0 spiro atoms. The van der Waals surface area contributed by atoms with Gasteiger partial charge in [-0.2, -0.15) is 0 Å². The molecule has 0 aromatic carbocycles. The first-order chi connectivity index (χ1) is 5.66. The van der Waals surface area contributed by atoms with Gasteiger partial charge in [0, 0.05) is 14.2 Å². The van der Waals surface area contributed by atoms with Gasteiger partial charge in [0.15, 0.2) is 0 Å². The molecule has 0 bridgehead atoms. The third-order valence-electron chi connectivity index (χ3n) is 1.65. The van der Waals surface area contributed by atoms with E-state index in [2.05, 4.69) is 10.2 Å². The summed E-state index contributed by atoms with van der Waals surface area (Å²) in [6, 6.07) is 0. The van der Waals surface area contributed by atoms with Crippen LogP contribution in [0, 0.1) is 0 Å². The molecule has 1 aromatic rings. The Morgan fingerprint density at radius 2 is 2.42 bits per heavy atom. The van der Waals surface area contributed by atoms with E-state index in [0.29, 0.717) is 5.82 Å². The Balaban J connectivity index is 2.85. The minimum Gasteiger partial charge on any atom is -0.373 e. The summed E-state index contributed by atoms with van der Waals surface area (Å²) < 4.78 is 6.43. The highest BCUT2D eigenvalue weighted by molar-refractivity contribution is 5.95. The molecule has 0 N–H and O–H groups in total. The van der Waals surface area contributed by atoms with Crippen molar-refractivity contribution in [2.75, 3.05) is 7.11 Å². The van der Waals surface area contributed by atoms with Gasteiger partial charge in [0.25, 0.3) is 0 Å². The van der Waals surface area contributed by atoms with E-state index in [1.807, 2.05) is 0 Å². The van der Waals surface area contributed by atoms with Crippen LogP contribution in [0.15, 0.2) is 6.33 Å². The summed E-state index contributed by atoms with van der Waals surface area (Å²) in [6.07, 6.45) is 1.02. The van der Waals surface area contributed by atoms with E-state index in [0.717, 1.165) is 0 Å². The van der Waals surface area contributed by atoms with Gasteiger partial charge in [0.1, 0.15) is 12.4 Å². The fourth-order valence-corrected chi connectivity index (χ4v) is 0.795. The number of carbonyl (C=O) groups excluding carboxylic acids is 1. The van der Waals surface area contributed by atoms with E-state index in [9.17, 15) is 4.79 Å². The van der Waals surface area contributed by atoms with Gasteiger partial charge in [-0.1, -0.05) is 0 Å². The second kappa shape index (κ2) is 3.44. The van der Waals surface area contributed by atoms with Gasteiger partial charge >= 0.3 is 0 Å². The van der Waals surface area contributed by atoms with Gasteiger partial charge in [-0.05, 0) is 6.92 Å².